The van der Waals surface area contributed by atoms with Crippen molar-refractivity contribution in [1.82, 2.24) is 9.78 Å². The zero-order valence-corrected chi connectivity index (χ0v) is 14.8. The van der Waals surface area contributed by atoms with E-state index in [-0.39, 0.29) is 28.5 Å². The lowest BCUT2D eigenvalue weighted by Crippen LogP contribution is -2.18. The van der Waals surface area contributed by atoms with Gasteiger partial charge in [0.2, 0.25) is 5.91 Å². The number of aromatic amines is 1. The third kappa shape index (κ3) is 2.84. The molecule has 1 aromatic carbocycles. The Morgan fingerprint density at radius 2 is 2.12 bits per heavy atom. The van der Waals surface area contributed by atoms with Gasteiger partial charge in [0.1, 0.15) is 11.6 Å². The molecule has 2 N–H and O–H groups in total. The van der Waals surface area contributed by atoms with Crippen molar-refractivity contribution < 1.29 is 9.53 Å². The number of nitrogens with one attached hydrogen (secondary N) is 2. The van der Waals surface area contributed by atoms with Crippen LogP contribution in [0.2, 0.25) is 0 Å². The van der Waals surface area contributed by atoms with Crippen LogP contribution in [0.15, 0.2) is 29.1 Å². The molecule has 0 saturated carbocycles. The molecule has 24 heavy (non-hydrogen) atoms. The zero-order chi connectivity index (χ0) is 17.3. The minimum absolute atomic E-state index is 0.0863. The Labute approximate surface area is 144 Å². The van der Waals surface area contributed by atoms with Gasteiger partial charge in [-0.15, -0.1) is 11.8 Å². The van der Waals surface area contributed by atoms with Crippen molar-refractivity contribution in [2.24, 2.45) is 0 Å². The summed E-state index contributed by atoms with van der Waals surface area (Å²) in [6, 6.07) is 7.70. The molecule has 0 radical (unpaired) electrons. The minimum Gasteiger partial charge on any atom is -0.496 e. The molecule has 0 unspecified atom stereocenters. The highest BCUT2D eigenvalue weighted by Gasteiger charge is 2.32. The zero-order valence-electron chi connectivity index (χ0n) is 14.0. The molecule has 7 heteroatoms. The molecule has 2 atom stereocenters. The Kier molecular flexibility index (Phi) is 4.71. The van der Waals surface area contributed by atoms with Gasteiger partial charge in [-0.3, -0.25) is 19.4 Å². The lowest BCUT2D eigenvalue weighted by Gasteiger charge is -2.18. The summed E-state index contributed by atoms with van der Waals surface area (Å²) in [7, 11) is 1.61. The largest absolute Gasteiger partial charge is 0.496 e. The number of thioether (sulfide) groups is 1. The molecule has 0 aliphatic carbocycles. The van der Waals surface area contributed by atoms with Gasteiger partial charge in [-0.2, -0.15) is 0 Å². The maximum atomic E-state index is 12.7. The Morgan fingerprint density at radius 1 is 1.38 bits per heavy atom. The van der Waals surface area contributed by atoms with Crippen molar-refractivity contribution in [2.75, 3.05) is 18.2 Å². The van der Waals surface area contributed by atoms with E-state index in [9.17, 15) is 9.59 Å². The van der Waals surface area contributed by atoms with Gasteiger partial charge in [-0.05, 0) is 19.4 Å². The molecular weight excluding hydrogens is 326 g/mol. The Balaban J connectivity index is 2.20. The van der Waals surface area contributed by atoms with Crippen molar-refractivity contribution in [2.45, 2.75) is 31.6 Å². The number of para-hydroxylation sites is 1. The van der Waals surface area contributed by atoms with E-state index in [2.05, 4.69) is 10.4 Å². The Bertz CT molecular complexity index is 812. The van der Waals surface area contributed by atoms with Crippen LogP contribution in [0, 0.1) is 0 Å². The van der Waals surface area contributed by atoms with Crippen LogP contribution >= 0.6 is 11.8 Å². The van der Waals surface area contributed by atoms with Crippen LogP contribution in [0.4, 0.5) is 5.82 Å². The van der Waals surface area contributed by atoms with E-state index in [1.54, 1.807) is 11.8 Å². The monoisotopic (exact) mass is 347 g/mol. The van der Waals surface area contributed by atoms with Crippen molar-refractivity contribution in [3.63, 3.8) is 0 Å². The van der Waals surface area contributed by atoms with E-state index < -0.39 is 0 Å². The normalized spacial score (nSPS) is 18.5. The molecule has 2 aromatic rings. The fraction of sp³-hybridized carbons (Fsp3) is 0.412. The van der Waals surface area contributed by atoms with E-state index in [1.165, 1.54) is 11.8 Å². The van der Waals surface area contributed by atoms with Crippen LogP contribution in [-0.4, -0.2) is 28.6 Å². The highest BCUT2D eigenvalue weighted by atomic mass is 32.2. The number of carbonyl (C=O) groups is 1. The number of methoxy groups -OCH3 is 1. The first-order valence-electron chi connectivity index (χ1n) is 7.95. The van der Waals surface area contributed by atoms with Crippen molar-refractivity contribution in [3.05, 3.63) is 45.7 Å². The average molecular weight is 347 g/mol. The van der Waals surface area contributed by atoms with E-state index in [0.29, 0.717) is 17.1 Å². The van der Waals surface area contributed by atoms with Gasteiger partial charge in [0.15, 0.2) is 0 Å². The van der Waals surface area contributed by atoms with Crippen molar-refractivity contribution in [1.29, 1.82) is 0 Å². The topological polar surface area (TPSA) is 76.1 Å². The first-order chi connectivity index (χ1) is 11.6. The summed E-state index contributed by atoms with van der Waals surface area (Å²) in [6.07, 6.45) is 0.847. The molecule has 128 valence electrons. The predicted octanol–water partition coefficient (Wildman–Crippen LogP) is 2.93. The van der Waals surface area contributed by atoms with Gasteiger partial charge in [0.25, 0.3) is 5.56 Å². The van der Waals surface area contributed by atoms with Crippen LogP contribution in [0.1, 0.15) is 42.7 Å². The summed E-state index contributed by atoms with van der Waals surface area (Å²) < 4.78 is 7.23. The highest BCUT2D eigenvalue weighted by molar-refractivity contribution is 8.00. The third-order valence-corrected chi connectivity index (χ3v) is 5.57. The molecule has 0 saturated heterocycles. The Hall–Kier alpha value is -2.15. The van der Waals surface area contributed by atoms with Crippen molar-refractivity contribution >= 4 is 23.5 Å². The third-order valence-electron chi connectivity index (χ3n) is 4.32. The number of hydrogen-bond acceptors (Lipinski definition) is 4. The summed E-state index contributed by atoms with van der Waals surface area (Å²) >= 11 is 1.44. The number of aromatic nitrogens is 2. The van der Waals surface area contributed by atoms with E-state index in [4.69, 9.17) is 4.74 Å². The number of ether oxygens (including phenoxy) is 1. The van der Waals surface area contributed by atoms with Gasteiger partial charge in [0.05, 0.1) is 23.7 Å². The number of H-pyrrole nitrogens is 1. The standard InChI is InChI=1S/C17H21N3O3S/c1-4-10(2)20-16-14(17(22)19-20)15(24-9-13(21)18-16)11-7-5-6-8-12(11)23-3/h5-8,10,15H,4,9H2,1-3H3,(H,18,21)(H,19,22)/t10-,15-/m0/s1. The number of rotatable bonds is 4. The number of anilines is 1. The average Bonchev–Trinajstić information content (AvgIpc) is 2.80. The smallest absolute Gasteiger partial charge is 0.270 e. The molecule has 1 aliphatic heterocycles. The van der Waals surface area contributed by atoms with Gasteiger partial charge in [-0.25, -0.2) is 0 Å². The molecule has 3 rings (SSSR count). The highest BCUT2D eigenvalue weighted by Crippen LogP contribution is 2.43. The van der Waals surface area contributed by atoms with Crippen LogP contribution < -0.4 is 15.6 Å². The van der Waals surface area contributed by atoms with E-state index in [1.807, 2.05) is 38.1 Å². The van der Waals surface area contributed by atoms with Gasteiger partial charge in [-0.1, -0.05) is 25.1 Å². The first kappa shape index (κ1) is 16.7. The van der Waals surface area contributed by atoms with Gasteiger partial charge >= 0.3 is 0 Å². The molecule has 0 spiro atoms. The quantitative estimate of drug-likeness (QED) is 0.892. The summed E-state index contributed by atoms with van der Waals surface area (Å²) in [6.45, 7) is 4.05. The van der Waals surface area contributed by atoms with Crippen LogP contribution in [0.25, 0.3) is 0 Å². The number of fused-ring (bicyclic) bond motifs is 1. The summed E-state index contributed by atoms with van der Waals surface area (Å²) in [5, 5.41) is 5.52. The summed E-state index contributed by atoms with van der Waals surface area (Å²) in [4.78, 5) is 24.8. The number of hydrogen-bond donors (Lipinski definition) is 2. The molecular formula is C17H21N3O3S. The Morgan fingerprint density at radius 3 is 2.83 bits per heavy atom. The van der Waals surface area contributed by atoms with Gasteiger partial charge in [0, 0.05) is 11.6 Å². The molecule has 0 bridgehead atoms. The maximum absolute atomic E-state index is 12.7. The lowest BCUT2D eigenvalue weighted by molar-refractivity contribution is -0.113. The molecule has 1 aromatic heterocycles. The molecule has 1 amide bonds. The minimum atomic E-state index is -0.260. The van der Waals surface area contributed by atoms with E-state index in [0.717, 1.165) is 12.0 Å². The second-order valence-corrected chi connectivity index (χ2v) is 6.91. The summed E-state index contributed by atoms with van der Waals surface area (Å²) in [5.41, 5.74) is 1.31. The van der Waals surface area contributed by atoms with Gasteiger partial charge < -0.3 is 10.1 Å². The fourth-order valence-electron chi connectivity index (χ4n) is 2.89. The molecule has 1 aliphatic rings. The van der Waals surface area contributed by atoms with Crippen LogP contribution in [0.5, 0.6) is 5.75 Å². The van der Waals surface area contributed by atoms with Crippen LogP contribution in [0.3, 0.4) is 0 Å². The number of nitrogens with zero attached hydrogens (tertiary/aromatic N) is 1. The fourth-order valence-corrected chi connectivity index (χ4v) is 4.04. The molecule has 2 heterocycles. The molecule has 0 fully saturated rings. The maximum Gasteiger partial charge on any atom is 0.270 e. The molecule has 6 nitrogen and oxygen atoms in total. The lowest BCUT2D eigenvalue weighted by atomic mass is 10.0. The van der Waals surface area contributed by atoms with E-state index >= 15 is 0 Å². The van der Waals surface area contributed by atoms with Crippen LogP contribution in [-0.2, 0) is 4.79 Å². The SMILES string of the molecule is CC[C@H](C)n1[nH]c(=O)c2c1NC(=O)CS[C@H]2c1ccccc1OC. The predicted molar refractivity (Wildman–Crippen MR) is 96.0 cm³/mol. The number of carbonyl (C=O) groups excluding carboxylic acids is 1. The second-order valence-electron chi connectivity index (χ2n) is 5.81. The van der Waals surface area contributed by atoms with Crippen molar-refractivity contribution in [3.8, 4) is 5.75 Å². The summed E-state index contributed by atoms with van der Waals surface area (Å²) in [5.74, 6) is 1.47. The number of amides is 1. The first-order valence-corrected chi connectivity index (χ1v) is 9.00. The second kappa shape index (κ2) is 6.76. The number of benzene rings is 1.